The molecule has 0 aromatic rings. The second kappa shape index (κ2) is 13.8. The van der Waals surface area contributed by atoms with Gasteiger partial charge in [-0.25, -0.2) is 34.6 Å². The molecule has 1 heterocycles. The molecule has 5 N–H and O–H groups in total. The smallest absolute Gasteiger partial charge is 0.411 e. The maximum absolute atomic E-state index is 13.2. The number of hydrogen-bond donors (Lipinski definition) is 4. The van der Waals surface area contributed by atoms with E-state index in [2.05, 4.69) is 10.3 Å². The van der Waals surface area contributed by atoms with Crippen LogP contribution in [0.4, 0.5) is 9.59 Å². The van der Waals surface area contributed by atoms with Crippen molar-refractivity contribution in [2.75, 3.05) is 20.2 Å². The number of nitrogens with two attached hydrogens (primary N) is 1. The summed E-state index contributed by atoms with van der Waals surface area (Å²) in [7, 11) is 1.14. The van der Waals surface area contributed by atoms with Crippen molar-refractivity contribution in [3.8, 4) is 0 Å². The van der Waals surface area contributed by atoms with Crippen LogP contribution >= 0.6 is 0 Å². The van der Waals surface area contributed by atoms with E-state index in [1.165, 1.54) is 0 Å². The molecule has 0 saturated carbocycles. The van der Waals surface area contributed by atoms with Crippen LogP contribution < -0.4 is 16.5 Å². The minimum Gasteiger partial charge on any atom is -0.467 e. The lowest BCUT2D eigenvalue weighted by Gasteiger charge is -2.29. The van der Waals surface area contributed by atoms with Crippen LogP contribution in [0.15, 0.2) is 4.99 Å². The molecule has 0 aromatic carbocycles. The third-order valence-corrected chi connectivity index (χ3v) is 5.08. The van der Waals surface area contributed by atoms with Crippen LogP contribution in [0.1, 0.15) is 60.8 Å². The Bertz CT molecular complexity index is 944. The summed E-state index contributed by atoms with van der Waals surface area (Å²) in [6, 6.07) is -3.46. The van der Waals surface area contributed by atoms with E-state index in [1.54, 1.807) is 47.0 Å². The van der Waals surface area contributed by atoms with Gasteiger partial charge in [0.15, 0.2) is 5.03 Å². The van der Waals surface area contributed by atoms with Gasteiger partial charge < -0.3 is 25.3 Å². The number of esters is 1. The number of hydrazine groups is 1. The van der Waals surface area contributed by atoms with Gasteiger partial charge in [0, 0.05) is 19.5 Å². The molecule has 3 atom stereocenters. The first-order chi connectivity index (χ1) is 17.8. The first kappa shape index (κ1) is 33.1. The highest BCUT2D eigenvalue weighted by Crippen LogP contribution is 2.26. The molecule has 17 nitrogen and oxygen atoms in total. The average molecular weight is 562 g/mol. The van der Waals surface area contributed by atoms with Gasteiger partial charge in [-0.15, -0.1) is 0 Å². The summed E-state index contributed by atoms with van der Waals surface area (Å²) in [5.41, 5.74) is 5.30. The monoisotopic (exact) mass is 561 g/mol. The highest BCUT2D eigenvalue weighted by atomic mass is 16.7. The summed E-state index contributed by atoms with van der Waals surface area (Å²) >= 11 is 0. The first-order valence-corrected chi connectivity index (χ1v) is 12.1. The number of nitrogens with one attached hydrogen (secondary N) is 2. The zero-order valence-corrected chi connectivity index (χ0v) is 23.3. The average Bonchev–Trinajstić information content (AvgIpc) is 3.22. The number of aliphatic imine (C=N–C) groups is 1. The number of ether oxygens (including phenoxy) is 3. The van der Waals surface area contributed by atoms with Crippen LogP contribution in [0, 0.1) is 10.1 Å². The van der Waals surface area contributed by atoms with Crippen molar-refractivity contribution in [2.24, 2.45) is 10.7 Å². The lowest BCUT2D eigenvalue weighted by atomic mass is 10.1. The lowest BCUT2D eigenvalue weighted by molar-refractivity contribution is -0.525. The molecule has 222 valence electrons. The zero-order chi connectivity index (χ0) is 30.1. The van der Waals surface area contributed by atoms with Gasteiger partial charge in [0.2, 0.25) is 0 Å². The van der Waals surface area contributed by atoms with Gasteiger partial charge in [0.1, 0.15) is 23.3 Å². The molecule has 1 aliphatic heterocycles. The second-order valence-electron chi connectivity index (χ2n) is 10.7. The largest absolute Gasteiger partial charge is 0.467 e. The van der Waals surface area contributed by atoms with E-state index in [4.69, 9.17) is 19.9 Å². The summed E-state index contributed by atoms with van der Waals surface area (Å²) in [6.07, 6.45) is -1.85. The van der Waals surface area contributed by atoms with Crippen LogP contribution in [0.2, 0.25) is 0 Å². The number of amides is 3. The molecule has 0 aromatic heterocycles. The highest BCUT2D eigenvalue weighted by Gasteiger charge is 2.46. The van der Waals surface area contributed by atoms with Gasteiger partial charge in [-0.1, -0.05) is 5.43 Å². The molecular formula is C22H39N7O10. The fraction of sp³-hybridized carbons (Fsp3) is 0.773. The lowest BCUT2D eigenvalue weighted by Crippen LogP contribution is -2.52. The fourth-order valence-corrected chi connectivity index (χ4v) is 3.54. The summed E-state index contributed by atoms with van der Waals surface area (Å²) in [5, 5.41) is 23.1. The number of nitrogens with zero attached hydrogens (tertiary/aromatic N) is 4. The van der Waals surface area contributed by atoms with Crippen molar-refractivity contribution in [2.45, 2.75) is 90.1 Å². The second-order valence-corrected chi connectivity index (χ2v) is 10.7. The molecule has 0 spiro atoms. The maximum Gasteiger partial charge on any atom is 0.411 e. The predicted molar refractivity (Wildman–Crippen MR) is 135 cm³/mol. The Morgan fingerprint density at radius 3 is 2.28 bits per heavy atom. The molecule has 0 radical (unpaired) electrons. The highest BCUT2D eigenvalue weighted by molar-refractivity contribution is 5.86. The molecule has 0 bridgehead atoms. The molecule has 1 fully saturated rings. The van der Waals surface area contributed by atoms with Gasteiger partial charge >= 0.3 is 18.2 Å². The molecule has 0 aliphatic carbocycles. The van der Waals surface area contributed by atoms with Crippen LogP contribution in [0.5, 0.6) is 0 Å². The number of likely N-dealkylation sites (tertiary alicyclic amines) is 1. The van der Waals surface area contributed by atoms with E-state index in [1.807, 2.05) is 0 Å². The Hall–Kier alpha value is -3.89. The Kier molecular flexibility index (Phi) is 11.7. The Balaban J connectivity index is 3.06. The third kappa shape index (κ3) is 11.6. The van der Waals surface area contributed by atoms with E-state index >= 15 is 0 Å². The molecule has 3 amide bonds. The standard InChI is InChI=1S/C22H39N7O10/c1-21(2,3)38-19(32)25-14(9-8-10-24-18(23)26-29(35)36)16(30)28(34)13-11-15(17(31)37-7)27(12-13)20(33)39-22(4,5)6/h13-15,34H,8-12H2,1-7H3,(H,25,32)(H3,23,24,26)/t13-,14+,15+/m1/s1. The predicted octanol–water partition coefficient (Wildman–Crippen LogP) is 0.525. The number of hydrogen-bond acceptors (Lipinski definition) is 11. The van der Waals surface area contributed by atoms with E-state index in [-0.39, 0.29) is 32.4 Å². The summed E-state index contributed by atoms with van der Waals surface area (Å²) in [6.45, 7) is 9.51. The van der Waals surface area contributed by atoms with Crippen LogP contribution in [0.3, 0.4) is 0 Å². The van der Waals surface area contributed by atoms with E-state index in [0.29, 0.717) is 5.06 Å². The Morgan fingerprint density at radius 1 is 1.18 bits per heavy atom. The summed E-state index contributed by atoms with van der Waals surface area (Å²) in [4.78, 5) is 65.9. The summed E-state index contributed by atoms with van der Waals surface area (Å²) in [5.74, 6) is -2.15. The van der Waals surface area contributed by atoms with E-state index in [0.717, 1.165) is 12.0 Å². The van der Waals surface area contributed by atoms with Crippen molar-refractivity contribution in [1.29, 1.82) is 0 Å². The molecule has 1 saturated heterocycles. The number of guanidine groups is 1. The topological polar surface area (TPSA) is 228 Å². The normalized spacial score (nSPS) is 18.6. The molecule has 39 heavy (non-hydrogen) atoms. The number of rotatable bonds is 9. The van der Waals surface area contributed by atoms with Crippen molar-refractivity contribution in [1.82, 2.24) is 20.7 Å². The number of carbonyl (C=O) groups is 4. The SMILES string of the molecule is COC(=O)[C@@H]1C[C@@H](N(O)C(=O)[C@H](CCCN=C(N)N[N+](=O)[O-])NC(=O)OC(C)(C)C)CN1C(=O)OC(C)(C)C. The van der Waals surface area contributed by atoms with Gasteiger partial charge in [-0.05, 0) is 54.4 Å². The Labute approximate surface area is 226 Å². The summed E-state index contributed by atoms with van der Waals surface area (Å²) < 4.78 is 15.3. The molecule has 17 heteroatoms. The van der Waals surface area contributed by atoms with E-state index < -0.39 is 64.4 Å². The third-order valence-electron chi connectivity index (χ3n) is 5.08. The van der Waals surface area contributed by atoms with Crippen LogP contribution in [0.25, 0.3) is 0 Å². The molecule has 1 rings (SSSR count). The number of carbonyl (C=O) groups excluding carboxylic acids is 4. The first-order valence-electron chi connectivity index (χ1n) is 12.1. The van der Waals surface area contributed by atoms with Crippen molar-refractivity contribution >= 4 is 30.0 Å². The van der Waals surface area contributed by atoms with Crippen LogP contribution in [-0.2, 0) is 23.8 Å². The minimum absolute atomic E-state index is 0.0435. The zero-order valence-electron chi connectivity index (χ0n) is 23.3. The van der Waals surface area contributed by atoms with E-state index in [9.17, 15) is 34.5 Å². The Morgan fingerprint density at radius 2 is 1.77 bits per heavy atom. The number of nitro groups is 1. The fourth-order valence-electron chi connectivity index (χ4n) is 3.54. The van der Waals surface area contributed by atoms with Crippen molar-refractivity contribution < 1.29 is 43.6 Å². The quantitative estimate of drug-likeness (QED) is 0.0441. The number of alkyl carbamates (subject to hydrolysis) is 1. The van der Waals surface area contributed by atoms with Gasteiger partial charge in [0.05, 0.1) is 13.2 Å². The number of methoxy groups -OCH3 is 1. The number of hydroxylamine groups is 2. The van der Waals surface area contributed by atoms with Crippen molar-refractivity contribution in [3.05, 3.63) is 10.1 Å². The maximum atomic E-state index is 13.2. The molecule has 0 unspecified atom stereocenters. The van der Waals surface area contributed by atoms with Gasteiger partial charge in [-0.2, -0.15) is 0 Å². The molecular weight excluding hydrogens is 522 g/mol. The molecule has 1 aliphatic rings. The van der Waals surface area contributed by atoms with Crippen molar-refractivity contribution in [3.63, 3.8) is 0 Å². The van der Waals surface area contributed by atoms with Crippen LogP contribution in [-0.4, -0.2) is 99.8 Å². The van der Waals surface area contributed by atoms with Gasteiger partial charge in [0.25, 0.3) is 11.9 Å². The van der Waals surface area contributed by atoms with Gasteiger partial charge in [-0.3, -0.25) is 14.9 Å². The minimum atomic E-state index is -1.31.